The summed E-state index contributed by atoms with van der Waals surface area (Å²) in [6.07, 6.45) is 8.78. The molecule has 1 aliphatic heterocycles. The van der Waals surface area contributed by atoms with E-state index in [0.717, 1.165) is 32.0 Å². The van der Waals surface area contributed by atoms with Crippen LogP contribution in [0, 0.1) is 0 Å². The summed E-state index contributed by atoms with van der Waals surface area (Å²) < 4.78 is 0. The number of guanidine groups is 1. The van der Waals surface area contributed by atoms with Crippen molar-refractivity contribution in [3.63, 3.8) is 0 Å². The molecule has 1 aromatic carbocycles. The van der Waals surface area contributed by atoms with Crippen molar-refractivity contribution in [2.45, 2.75) is 45.2 Å². The van der Waals surface area contributed by atoms with Crippen LogP contribution in [0.1, 0.15) is 43.2 Å². The summed E-state index contributed by atoms with van der Waals surface area (Å²) in [6, 6.07) is 9.00. The van der Waals surface area contributed by atoms with Gasteiger partial charge >= 0.3 is 0 Å². The summed E-state index contributed by atoms with van der Waals surface area (Å²) in [5.41, 5.74) is 4.29. The van der Waals surface area contributed by atoms with E-state index in [2.05, 4.69) is 62.8 Å². The Morgan fingerprint density at radius 3 is 2.43 bits per heavy atom. The van der Waals surface area contributed by atoms with Crippen LogP contribution in [0.4, 0.5) is 0 Å². The fraction of sp³-hybridized carbons (Fsp3) is 0.609. The first kappa shape index (κ1) is 20.9. The van der Waals surface area contributed by atoms with Gasteiger partial charge in [0.15, 0.2) is 5.96 Å². The summed E-state index contributed by atoms with van der Waals surface area (Å²) in [6.45, 7) is 7.49. The number of rotatable bonds is 7. The topological polar surface area (TPSA) is 42.9 Å². The highest BCUT2D eigenvalue weighted by Crippen LogP contribution is 2.19. The van der Waals surface area contributed by atoms with E-state index in [1.54, 1.807) is 5.57 Å². The summed E-state index contributed by atoms with van der Waals surface area (Å²) >= 11 is 0. The Bertz CT molecular complexity index is 641. The van der Waals surface area contributed by atoms with Crippen molar-refractivity contribution in [1.82, 2.24) is 20.4 Å². The lowest BCUT2D eigenvalue weighted by molar-refractivity contribution is 0.148. The van der Waals surface area contributed by atoms with Crippen molar-refractivity contribution in [3.8, 4) is 0 Å². The molecule has 0 amide bonds. The van der Waals surface area contributed by atoms with E-state index < -0.39 is 0 Å². The van der Waals surface area contributed by atoms with E-state index in [1.165, 1.54) is 63.0 Å². The fourth-order valence-electron chi connectivity index (χ4n) is 3.91. The minimum absolute atomic E-state index is 0.803. The molecule has 1 saturated heterocycles. The predicted octanol–water partition coefficient (Wildman–Crippen LogP) is 2.99. The van der Waals surface area contributed by atoms with Crippen LogP contribution in [0.5, 0.6) is 0 Å². The lowest BCUT2D eigenvalue weighted by atomic mass is 9.97. The maximum atomic E-state index is 4.35. The first-order valence-corrected chi connectivity index (χ1v) is 10.8. The Hall–Kier alpha value is -1.85. The second-order valence-corrected chi connectivity index (χ2v) is 8.11. The van der Waals surface area contributed by atoms with Gasteiger partial charge in [-0.3, -0.25) is 9.89 Å². The molecule has 1 heterocycles. The predicted molar refractivity (Wildman–Crippen MR) is 119 cm³/mol. The lowest BCUT2D eigenvalue weighted by Crippen LogP contribution is -2.43. The maximum Gasteiger partial charge on any atom is 0.191 e. The molecule has 1 aromatic rings. The summed E-state index contributed by atoms with van der Waals surface area (Å²) in [7, 11) is 4.05. The molecule has 5 nitrogen and oxygen atoms in total. The minimum Gasteiger partial charge on any atom is -0.356 e. The van der Waals surface area contributed by atoms with Crippen LogP contribution in [0.2, 0.25) is 0 Å². The number of benzene rings is 1. The van der Waals surface area contributed by atoms with Crippen molar-refractivity contribution in [2.24, 2.45) is 4.99 Å². The van der Waals surface area contributed by atoms with Crippen LogP contribution in [0.15, 0.2) is 40.9 Å². The van der Waals surface area contributed by atoms with Gasteiger partial charge < -0.3 is 15.5 Å². The largest absolute Gasteiger partial charge is 0.356 e. The van der Waals surface area contributed by atoms with Gasteiger partial charge in [-0.25, -0.2) is 0 Å². The highest BCUT2D eigenvalue weighted by atomic mass is 15.2. The van der Waals surface area contributed by atoms with E-state index in [4.69, 9.17) is 0 Å². The van der Waals surface area contributed by atoms with E-state index in [9.17, 15) is 0 Å². The quantitative estimate of drug-likeness (QED) is 0.432. The third kappa shape index (κ3) is 6.95. The average molecular weight is 384 g/mol. The van der Waals surface area contributed by atoms with Crippen LogP contribution in [-0.2, 0) is 13.1 Å². The van der Waals surface area contributed by atoms with E-state index in [1.807, 2.05) is 7.05 Å². The van der Waals surface area contributed by atoms with Crippen LogP contribution < -0.4 is 10.6 Å². The molecule has 1 aliphatic carbocycles. The SMILES string of the molecule is CN=C(NCCC1=CCCCC1)NCc1ccc(CN2CCN(C)CC2)cc1. The second-order valence-electron chi connectivity index (χ2n) is 8.11. The van der Waals surface area contributed by atoms with Gasteiger partial charge in [-0.1, -0.05) is 35.9 Å². The Kier molecular flexibility index (Phi) is 8.37. The van der Waals surface area contributed by atoms with Crippen molar-refractivity contribution >= 4 is 5.96 Å². The summed E-state index contributed by atoms with van der Waals surface area (Å²) in [4.78, 5) is 9.29. The Morgan fingerprint density at radius 2 is 1.75 bits per heavy atom. The van der Waals surface area contributed by atoms with Gasteiger partial charge in [0.05, 0.1) is 0 Å². The number of hydrogen-bond donors (Lipinski definition) is 2. The van der Waals surface area contributed by atoms with Crippen LogP contribution in [-0.4, -0.2) is 62.6 Å². The molecule has 0 saturated carbocycles. The van der Waals surface area contributed by atoms with Gasteiger partial charge in [-0.05, 0) is 50.3 Å². The number of nitrogens with zero attached hydrogens (tertiary/aromatic N) is 3. The molecule has 28 heavy (non-hydrogen) atoms. The zero-order chi connectivity index (χ0) is 19.6. The molecule has 5 heteroatoms. The molecular formula is C23H37N5. The summed E-state index contributed by atoms with van der Waals surface area (Å²) in [5, 5.41) is 6.88. The maximum absolute atomic E-state index is 4.35. The van der Waals surface area contributed by atoms with Crippen LogP contribution in [0.3, 0.4) is 0 Å². The van der Waals surface area contributed by atoms with Gasteiger partial charge in [0.2, 0.25) is 0 Å². The van der Waals surface area contributed by atoms with Gasteiger partial charge in [-0.2, -0.15) is 0 Å². The molecular weight excluding hydrogens is 346 g/mol. The van der Waals surface area contributed by atoms with Crippen molar-refractivity contribution < 1.29 is 0 Å². The summed E-state index contributed by atoms with van der Waals surface area (Å²) in [5.74, 6) is 0.887. The number of allylic oxidation sites excluding steroid dienone is 1. The zero-order valence-corrected chi connectivity index (χ0v) is 17.7. The van der Waals surface area contributed by atoms with E-state index >= 15 is 0 Å². The first-order chi connectivity index (χ1) is 13.7. The van der Waals surface area contributed by atoms with Crippen LogP contribution in [0.25, 0.3) is 0 Å². The molecule has 0 unspecified atom stereocenters. The Balaban J connectivity index is 1.37. The lowest BCUT2D eigenvalue weighted by Gasteiger charge is -2.32. The second kappa shape index (κ2) is 11.2. The molecule has 0 atom stereocenters. The van der Waals surface area contributed by atoms with Gasteiger partial charge in [0, 0.05) is 52.9 Å². The third-order valence-electron chi connectivity index (χ3n) is 5.83. The molecule has 0 aromatic heterocycles. The molecule has 154 valence electrons. The number of piperazine rings is 1. The van der Waals surface area contributed by atoms with E-state index in [-0.39, 0.29) is 0 Å². The van der Waals surface area contributed by atoms with Crippen molar-refractivity contribution in [1.29, 1.82) is 0 Å². The molecule has 3 rings (SSSR count). The molecule has 2 aliphatic rings. The van der Waals surface area contributed by atoms with Crippen LogP contribution >= 0.6 is 0 Å². The van der Waals surface area contributed by atoms with Crippen molar-refractivity contribution in [2.75, 3.05) is 46.8 Å². The van der Waals surface area contributed by atoms with Gasteiger partial charge in [-0.15, -0.1) is 0 Å². The molecule has 2 N–H and O–H groups in total. The monoisotopic (exact) mass is 383 g/mol. The number of likely N-dealkylation sites (N-methyl/N-ethyl adjacent to an activating group) is 1. The smallest absolute Gasteiger partial charge is 0.191 e. The first-order valence-electron chi connectivity index (χ1n) is 10.8. The number of hydrogen-bond acceptors (Lipinski definition) is 3. The molecule has 0 bridgehead atoms. The van der Waals surface area contributed by atoms with Crippen molar-refractivity contribution in [3.05, 3.63) is 47.0 Å². The standard InChI is InChI=1S/C23H37N5/c1-24-23(25-13-12-20-6-4-3-5-7-20)26-18-21-8-10-22(11-9-21)19-28-16-14-27(2)15-17-28/h6,8-11H,3-5,7,12-19H2,1-2H3,(H2,24,25,26). The van der Waals surface area contributed by atoms with Gasteiger partial charge in [0.25, 0.3) is 0 Å². The van der Waals surface area contributed by atoms with E-state index in [0.29, 0.717) is 0 Å². The minimum atomic E-state index is 0.803. The fourth-order valence-corrected chi connectivity index (χ4v) is 3.91. The third-order valence-corrected chi connectivity index (χ3v) is 5.83. The average Bonchev–Trinajstić information content (AvgIpc) is 2.74. The normalized spacial score (nSPS) is 19.4. The Labute approximate surface area is 170 Å². The van der Waals surface area contributed by atoms with Gasteiger partial charge in [0.1, 0.15) is 0 Å². The molecule has 0 radical (unpaired) electrons. The number of aliphatic imine (C=N–C) groups is 1. The number of nitrogens with one attached hydrogen (secondary N) is 2. The highest BCUT2D eigenvalue weighted by molar-refractivity contribution is 5.79. The molecule has 0 spiro atoms. The molecule has 1 fully saturated rings. The highest BCUT2D eigenvalue weighted by Gasteiger charge is 2.13. The Morgan fingerprint density at radius 1 is 1.00 bits per heavy atom. The zero-order valence-electron chi connectivity index (χ0n) is 17.7.